The molecule has 0 radical (unpaired) electrons. The standard InChI is InChI=1S/C25H32N2O3/c1-4-19-10-12-21(13-11-19)23-15-14-22(17-27(23)24(28)18-30-3)25(29)26(2)16-20-8-6-5-7-9-20/h5-13,22-23H,4,14-18H2,1-3H3/t22-,23+/m0/s1. The first-order valence-electron chi connectivity index (χ1n) is 10.7. The number of carbonyl (C=O) groups is 2. The van der Waals surface area contributed by atoms with Crippen molar-refractivity contribution in [3.63, 3.8) is 0 Å². The normalized spacial score (nSPS) is 18.8. The number of piperidine rings is 1. The minimum atomic E-state index is -0.189. The van der Waals surface area contributed by atoms with Crippen LogP contribution in [-0.2, 0) is 27.3 Å². The summed E-state index contributed by atoms with van der Waals surface area (Å²) in [6.45, 7) is 3.17. The van der Waals surface area contributed by atoms with Gasteiger partial charge in [-0.3, -0.25) is 9.59 Å². The molecule has 0 unspecified atom stereocenters. The van der Waals surface area contributed by atoms with Crippen LogP contribution in [0.15, 0.2) is 54.6 Å². The molecule has 3 rings (SSSR count). The maximum atomic E-state index is 13.1. The van der Waals surface area contributed by atoms with E-state index in [0.29, 0.717) is 13.1 Å². The number of benzene rings is 2. The van der Waals surface area contributed by atoms with Crippen LogP contribution in [-0.4, -0.2) is 48.9 Å². The molecule has 0 N–H and O–H groups in total. The van der Waals surface area contributed by atoms with Crippen molar-refractivity contribution in [3.05, 3.63) is 71.3 Å². The number of likely N-dealkylation sites (tertiary alicyclic amines) is 1. The molecular formula is C25H32N2O3. The van der Waals surface area contributed by atoms with Crippen LogP contribution in [0, 0.1) is 5.92 Å². The van der Waals surface area contributed by atoms with Crippen LogP contribution >= 0.6 is 0 Å². The lowest BCUT2D eigenvalue weighted by Crippen LogP contribution is -2.48. The van der Waals surface area contributed by atoms with Gasteiger partial charge in [-0.1, -0.05) is 61.5 Å². The van der Waals surface area contributed by atoms with Gasteiger partial charge in [0.05, 0.1) is 12.0 Å². The zero-order chi connectivity index (χ0) is 21.5. The first-order chi connectivity index (χ1) is 14.5. The van der Waals surface area contributed by atoms with Gasteiger partial charge < -0.3 is 14.5 Å². The molecule has 5 nitrogen and oxygen atoms in total. The smallest absolute Gasteiger partial charge is 0.249 e. The predicted molar refractivity (Wildman–Crippen MR) is 118 cm³/mol. The summed E-state index contributed by atoms with van der Waals surface area (Å²) in [5.41, 5.74) is 3.51. The van der Waals surface area contributed by atoms with E-state index in [-0.39, 0.29) is 30.4 Å². The minimum absolute atomic E-state index is 0.0120. The van der Waals surface area contributed by atoms with E-state index in [9.17, 15) is 9.59 Å². The maximum absolute atomic E-state index is 13.1. The molecule has 0 aliphatic carbocycles. The molecule has 1 aliphatic heterocycles. The van der Waals surface area contributed by atoms with E-state index in [1.54, 1.807) is 4.90 Å². The van der Waals surface area contributed by atoms with Crippen molar-refractivity contribution in [1.82, 2.24) is 9.80 Å². The van der Waals surface area contributed by atoms with Crippen LogP contribution < -0.4 is 0 Å². The van der Waals surface area contributed by atoms with E-state index >= 15 is 0 Å². The van der Waals surface area contributed by atoms with Crippen LogP contribution in [0.2, 0.25) is 0 Å². The number of ether oxygens (including phenoxy) is 1. The second-order valence-electron chi connectivity index (χ2n) is 8.04. The van der Waals surface area contributed by atoms with Gasteiger partial charge >= 0.3 is 0 Å². The Balaban J connectivity index is 1.73. The summed E-state index contributed by atoms with van der Waals surface area (Å²) in [6.07, 6.45) is 2.53. The molecule has 2 amide bonds. The predicted octanol–water partition coefficient (Wildman–Crippen LogP) is 3.83. The number of hydrogen-bond acceptors (Lipinski definition) is 3. The Bertz CT molecular complexity index is 835. The molecule has 0 spiro atoms. The van der Waals surface area contributed by atoms with Gasteiger partial charge in [0.2, 0.25) is 11.8 Å². The topological polar surface area (TPSA) is 49.9 Å². The van der Waals surface area contributed by atoms with Crippen LogP contribution in [0.4, 0.5) is 0 Å². The van der Waals surface area contributed by atoms with Gasteiger partial charge in [0, 0.05) is 27.2 Å². The lowest BCUT2D eigenvalue weighted by molar-refractivity contribution is -0.145. The van der Waals surface area contributed by atoms with E-state index in [4.69, 9.17) is 4.74 Å². The molecule has 2 aromatic rings. The number of aryl methyl sites for hydroxylation is 1. The molecular weight excluding hydrogens is 376 g/mol. The molecule has 0 aromatic heterocycles. The van der Waals surface area contributed by atoms with E-state index < -0.39 is 0 Å². The van der Waals surface area contributed by atoms with Crippen LogP contribution in [0.1, 0.15) is 42.5 Å². The van der Waals surface area contributed by atoms with Gasteiger partial charge in [0.15, 0.2) is 0 Å². The zero-order valence-electron chi connectivity index (χ0n) is 18.2. The third kappa shape index (κ3) is 5.28. The summed E-state index contributed by atoms with van der Waals surface area (Å²) in [4.78, 5) is 29.5. The maximum Gasteiger partial charge on any atom is 0.249 e. The summed E-state index contributed by atoms with van der Waals surface area (Å²) in [7, 11) is 3.37. The molecule has 2 atom stereocenters. The quantitative estimate of drug-likeness (QED) is 0.700. The molecule has 5 heteroatoms. The van der Waals surface area contributed by atoms with Crippen molar-refractivity contribution in [2.24, 2.45) is 5.92 Å². The van der Waals surface area contributed by atoms with Gasteiger partial charge in [-0.25, -0.2) is 0 Å². The lowest BCUT2D eigenvalue weighted by atomic mass is 9.87. The van der Waals surface area contributed by atoms with Gasteiger partial charge in [-0.05, 0) is 36.0 Å². The highest BCUT2D eigenvalue weighted by Crippen LogP contribution is 2.34. The number of amides is 2. The lowest BCUT2D eigenvalue weighted by Gasteiger charge is -2.40. The Hall–Kier alpha value is -2.66. The molecule has 1 heterocycles. The van der Waals surface area contributed by atoms with Crippen LogP contribution in [0.5, 0.6) is 0 Å². The van der Waals surface area contributed by atoms with Gasteiger partial charge in [-0.2, -0.15) is 0 Å². The van der Waals surface area contributed by atoms with Crippen molar-refractivity contribution in [2.75, 3.05) is 27.3 Å². The Morgan fingerprint density at radius 3 is 2.37 bits per heavy atom. The number of rotatable bonds is 7. The van der Waals surface area contributed by atoms with Crippen molar-refractivity contribution >= 4 is 11.8 Å². The Kier molecular flexibility index (Phi) is 7.63. The van der Waals surface area contributed by atoms with Gasteiger partial charge in [-0.15, -0.1) is 0 Å². The third-order valence-corrected chi connectivity index (χ3v) is 5.93. The first-order valence-corrected chi connectivity index (χ1v) is 10.7. The fourth-order valence-corrected chi connectivity index (χ4v) is 4.22. The van der Waals surface area contributed by atoms with Gasteiger partial charge in [0.1, 0.15) is 6.61 Å². The monoisotopic (exact) mass is 408 g/mol. The molecule has 0 bridgehead atoms. The Morgan fingerprint density at radius 2 is 1.73 bits per heavy atom. The average molecular weight is 409 g/mol. The number of methoxy groups -OCH3 is 1. The Labute approximate surface area is 179 Å². The molecule has 2 aromatic carbocycles. The van der Waals surface area contributed by atoms with E-state index in [0.717, 1.165) is 30.4 Å². The summed E-state index contributed by atoms with van der Waals surface area (Å²) in [5, 5.41) is 0. The van der Waals surface area contributed by atoms with Crippen molar-refractivity contribution < 1.29 is 14.3 Å². The van der Waals surface area contributed by atoms with E-state index in [2.05, 4.69) is 31.2 Å². The van der Waals surface area contributed by atoms with Gasteiger partial charge in [0.25, 0.3) is 0 Å². The number of nitrogens with zero attached hydrogens (tertiary/aromatic N) is 2. The van der Waals surface area contributed by atoms with Crippen molar-refractivity contribution in [3.8, 4) is 0 Å². The van der Waals surface area contributed by atoms with E-state index in [1.165, 1.54) is 12.7 Å². The fraction of sp³-hybridized carbons (Fsp3) is 0.440. The molecule has 1 aliphatic rings. The average Bonchev–Trinajstić information content (AvgIpc) is 2.79. The van der Waals surface area contributed by atoms with Crippen molar-refractivity contribution in [1.29, 1.82) is 0 Å². The fourth-order valence-electron chi connectivity index (χ4n) is 4.22. The zero-order valence-corrected chi connectivity index (χ0v) is 18.2. The number of hydrogen-bond donors (Lipinski definition) is 0. The van der Waals surface area contributed by atoms with Crippen LogP contribution in [0.25, 0.3) is 0 Å². The molecule has 1 saturated heterocycles. The molecule has 1 fully saturated rings. The van der Waals surface area contributed by atoms with Crippen LogP contribution in [0.3, 0.4) is 0 Å². The highest BCUT2D eigenvalue weighted by Gasteiger charge is 2.36. The minimum Gasteiger partial charge on any atom is -0.375 e. The summed E-state index contributed by atoms with van der Waals surface area (Å²) >= 11 is 0. The molecule has 0 saturated carbocycles. The largest absolute Gasteiger partial charge is 0.375 e. The third-order valence-electron chi connectivity index (χ3n) is 5.93. The number of carbonyl (C=O) groups excluding carboxylic acids is 2. The highest BCUT2D eigenvalue weighted by molar-refractivity contribution is 5.82. The second-order valence-corrected chi connectivity index (χ2v) is 8.04. The SMILES string of the molecule is CCc1ccc([C@H]2CC[C@H](C(=O)N(C)Cc3ccccc3)CN2C(=O)COC)cc1. The highest BCUT2D eigenvalue weighted by atomic mass is 16.5. The Morgan fingerprint density at radius 1 is 1.03 bits per heavy atom. The summed E-state index contributed by atoms with van der Waals surface area (Å²) in [6, 6.07) is 18.4. The van der Waals surface area contributed by atoms with Crippen molar-refractivity contribution in [2.45, 2.75) is 38.8 Å². The summed E-state index contributed by atoms with van der Waals surface area (Å²) in [5.74, 6) is -0.162. The first kappa shape index (κ1) is 22.0. The molecule has 160 valence electrons. The molecule has 30 heavy (non-hydrogen) atoms. The summed E-state index contributed by atoms with van der Waals surface area (Å²) < 4.78 is 5.11. The van der Waals surface area contributed by atoms with E-state index in [1.807, 2.05) is 42.3 Å². The second kappa shape index (κ2) is 10.4.